The molecule has 0 radical (unpaired) electrons. The summed E-state index contributed by atoms with van der Waals surface area (Å²) in [6, 6.07) is 10.4. The maximum atomic E-state index is 4.54. The van der Waals surface area contributed by atoms with Crippen molar-refractivity contribution >= 4 is 35.3 Å². The molecule has 0 aliphatic carbocycles. The Kier molecular flexibility index (Phi) is 3.49. The van der Waals surface area contributed by atoms with Gasteiger partial charge in [-0.05, 0) is 40.8 Å². The second-order valence-corrected chi connectivity index (χ2v) is 5.95. The van der Waals surface area contributed by atoms with Crippen molar-refractivity contribution in [3.63, 3.8) is 0 Å². The van der Waals surface area contributed by atoms with Crippen molar-refractivity contribution in [1.82, 2.24) is 0 Å². The summed E-state index contributed by atoms with van der Waals surface area (Å²) < 4.78 is 0. The molecule has 0 saturated carbocycles. The Labute approximate surface area is 114 Å². The van der Waals surface area contributed by atoms with Crippen LogP contribution in [-0.2, 0) is 5.41 Å². The number of fused-ring (bicyclic) bond motifs is 1. The highest BCUT2D eigenvalue weighted by Gasteiger charge is 2.21. The SMILES string of the molecule is CC=Nc1ccc2c(S)cccc2c1C(C)(C)C. The first-order valence-electron chi connectivity index (χ1n) is 6.19. The van der Waals surface area contributed by atoms with Gasteiger partial charge >= 0.3 is 0 Å². The molecule has 0 N–H and O–H groups in total. The van der Waals surface area contributed by atoms with Crippen LogP contribution in [0.3, 0.4) is 0 Å². The number of benzene rings is 2. The summed E-state index contributed by atoms with van der Waals surface area (Å²) in [7, 11) is 0. The van der Waals surface area contributed by atoms with Gasteiger partial charge in [0.05, 0.1) is 5.69 Å². The van der Waals surface area contributed by atoms with Gasteiger partial charge in [-0.25, -0.2) is 0 Å². The zero-order chi connectivity index (χ0) is 13.3. The lowest BCUT2D eigenvalue weighted by Gasteiger charge is -2.24. The lowest BCUT2D eigenvalue weighted by atomic mass is 9.82. The standard InChI is InChI=1S/C16H19NS/c1-5-17-13-10-9-11-12(7-6-8-14(11)18)15(13)16(2,3)4/h5-10,18H,1-4H3. The van der Waals surface area contributed by atoms with Gasteiger partial charge in [0.15, 0.2) is 0 Å². The van der Waals surface area contributed by atoms with Crippen LogP contribution in [0.2, 0.25) is 0 Å². The third-order valence-electron chi connectivity index (χ3n) is 3.03. The van der Waals surface area contributed by atoms with E-state index in [1.807, 2.05) is 19.2 Å². The van der Waals surface area contributed by atoms with E-state index in [0.29, 0.717) is 0 Å². The summed E-state index contributed by atoms with van der Waals surface area (Å²) in [4.78, 5) is 5.52. The first-order chi connectivity index (χ1) is 8.45. The summed E-state index contributed by atoms with van der Waals surface area (Å²) in [5, 5.41) is 2.44. The second-order valence-electron chi connectivity index (χ2n) is 5.47. The zero-order valence-electron chi connectivity index (χ0n) is 11.4. The van der Waals surface area contributed by atoms with E-state index in [-0.39, 0.29) is 5.41 Å². The molecule has 2 aromatic carbocycles. The van der Waals surface area contributed by atoms with E-state index >= 15 is 0 Å². The molecule has 0 amide bonds. The number of hydrogen-bond acceptors (Lipinski definition) is 2. The Morgan fingerprint density at radius 2 is 1.78 bits per heavy atom. The van der Waals surface area contributed by atoms with Crippen molar-refractivity contribution in [3.8, 4) is 0 Å². The topological polar surface area (TPSA) is 12.4 Å². The smallest absolute Gasteiger partial charge is 0.0669 e. The van der Waals surface area contributed by atoms with Crippen LogP contribution in [0.25, 0.3) is 10.8 Å². The molecule has 0 atom stereocenters. The molecule has 0 aromatic heterocycles. The van der Waals surface area contributed by atoms with Crippen LogP contribution >= 0.6 is 12.6 Å². The van der Waals surface area contributed by atoms with Gasteiger partial charge in [-0.1, -0.05) is 39.0 Å². The molecule has 0 unspecified atom stereocenters. The van der Waals surface area contributed by atoms with Gasteiger partial charge in [-0.2, -0.15) is 0 Å². The van der Waals surface area contributed by atoms with Crippen LogP contribution in [0.5, 0.6) is 0 Å². The maximum Gasteiger partial charge on any atom is 0.0669 e. The highest BCUT2D eigenvalue weighted by Crippen LogP contribution is 2.39. The molecule has 0 spiro atoms. The molecule has 2 rings (SSSR count). The van der Waals surface area contributed by atoms with Crippen molar-refractivity contribution in [3.05, 3.63) is 35.9 Å². The third-order valence-corrected chi connectivity index (χ3v) is 3.42. The minimum Gasteiger partial charge on any atom is -0.261 e. The molecule has 18 heavy (non-hydrogen) atoms. The number of rotatable bonds is 1. The van der Waals surface area contributed by atoms with Crippen LogP contribution in [-0.4, -0.2) is 6.21 Å². The van der Waals surface area contributed by atoms with Gasteiger partial charge in [0, 0.05) is 11.1 Å². The first-order valence-corrected chi connectivity index (χ1v) is 6.63. The molecular formula is C16H19NS. The van der Waals surface area contributed by atoms with E-state index in [1.165, 1.54) is 16.3 Å². The number of hydrogen-bond donors (Lipinski definition) is 1. The Morgan fingerprint density at radius 3 is 2.39 bits per heavy atom. The quantitative estimate of drug-likeness (QED) is 0.536. The average molecular weight is 257 g/mol. The molecule has 0 saturated heterocycles. The van der Waals surface area contributed by atoms with Gasteiger partial charge in [-0.3, -0.25) is 4.99 Å². The predicted molar refractivity (Wildman–Crippen MR) is 83.7 cm³/mol. The third kappa shape index (κ3) is 2.30. The van der Waals surface area contributed by atoms with E-state index in [1.54, 1.807) is 0 Å². The fourth-order valence-corrected chi connectivity index (χ4v) is 2.65. The van der Waals surface area contributed by atoms with Gasteiger partial charge < -0.3 is 0 Å². The predicted octanol–water partition coefficient (Wildman–Crippen LogP) is 5.15. The van der Waals surface area contributed by atoms with Crippen molar-refractivity contribution in [2.24, 2.45) is 4.99 Å². The summed E-state index contributed by atoms with van der Waals surface area (Å²) in [6.07, 6.45) is 1.85. The molecule has 94 valence electrons. The van der Waals surface area contributed by atoms with Crippen LogP contribution in [0, 0.1) is 0 Å². The molecule has 2 aromatic rings. The Hall–Kier alpha value is -1.28. The van der Waals surface area contributed by atoms with Crippen molar-refractivity contribution < 1.29 is 0 Å². The fraction of sp³-hybridized carbons (Fsp3) is 0.312. The van der Waals surface area contributed by atoms with Crippen molar-refractivity contribution in [1.29, 1.82) is 0 Å². The van der Waals surface area contributed by atoms with E-state index in [9.17, 15) is 0 Å². The van der Waals surface area contributed by atoms with Crippen molar-refractivity contribution in [2.75, 3.05) is 0 Å². The van der Waals surface area contributed by atoms with E-state index in [0.717, 1.165) is 10.6 Å². The maximum absolute atomic E-state index is 4.54. The van der Waals surface area contributed by atoms with E-state index in [4.69, 9.17) is 0 Å². The van der Waals surface area contributed by atoms with E-state index < -0.39 is 0 Å². The minimum absolute atomic E-state index is 0.0585. The van der Waals surface area contributed by atoms with Crippen LogP contribution in [0.1, 0.15) is 33.3 Å². The van der Waals surface area contributed by atoms with Crippen LogP contribution < -0.4 is 0 Å². The average Bonchev–Trinajstić information content (AvgIpc) is 2.27. The molecular weight excluding hydrogens is 238 g/mol. The Morgan fingerprint density at radius 1 is 1.06 bits per heavy atom. The molecule has 0 fully saturated rings. The Bertz CT molecular complexity index is 606. The van der Waals surface area contributed by atoms with Gasteiger partial charge in [0.1, 0.15) is 0 Å². The summed E-state index contributed by atoms with van der Waals surface area (Å²) >= 11 is 4.54. The van der Waals surface area contributed by atoms with Gasteiger partial charge in [0.2, 0.25) is 0 Å². The normalized spacial score (nSPS) is 12.5. The minimum atomic E-state index is 0.0585. The second kappa shape index (κ2) is 4.77. The molecule has 1 nitrogen and oxygen atoms in total. The molecule has 2 heteroatoms. The molecule has 0 bridgehead atoms. The molecule has 0 heterocycles. The van der Waals surface area contributed by atoms with Crippen LogP contribution in [0.15, 0.2) is 40.2 Å². The Balaban J connectivity index is 2.90. The number of nitrogens with zero attached hydrogens (tertiary/aromatic N) is 1. The fourth-order valence-electron chi connectivity index (χ4n) is 2.36. The lowest BCUT2D eigenvalue weighted by molar-refractivity contribution is 0.597. The first kappa shape index (κ1) is 13.2. The van der Waals surface area contributed by atoms with Crippen molar-refractivity contribution in [2.45, 2.75) is 38.0 Å². The molecule has 0 aliphatic rings. The lowest BCUT2D eigenvalue weighted by Crippen LogP contribution is -2.12. The number of thiol groups is 1. The van der Waals surface area contributed by atoms with E-state index in [2.05, 4.69) is 62.7 Å². The van der Waals surface area contributed by atoms with Crippen LogP contribution in [0.4, 0.5) is 5.69 Å². The molecule has 0 aliphatic heterocycles. The highest BCUT2D eigenvalue weighted by molar-refractivity contribution is 7.80. The zero-order valence-corrected chi connectivity index (χ0v) is 12.3. The van der Waals surface area contributed by atoms with Gasteiger partial charge in [0.25, 0.3) is 0 Å². The summed E-state index contributed by atoms with van der Waals surface area (Å²) in [6.45, 7) is 8.62. The number of aliphatic imine (C=N–C) groups is 1. The summed E-state index contributed by atoms with van der Waals surface area (Å²) in [5.41, 5.74) is 2.40. The largest absolute Gasteiger partial charge is 0.261 e. The summed E-state index contributed by atoms with van der Waals surface area (Å²) in [5.74, 6) is 0. The highest BCUT2D eigenvalue weighted by atomic mass is 32.1. The van der Waals surface area contributed by atoms with Gasteiger partial charge in [-0.15, -0.1) is 12.6 Å². The monoisotopic (exact) mass is 257 g/mol.